The molecule has 0 aromatic carbocycles. The van der Waals surface area contributed by atoms with E-state index in [1.54, 1.807) is 0 Å². The second-order valence-electron chi connectivity index (χ2n) is 7.03. The molecule has 1 aliphatic heterocycles. The molecule has 2 rings (SSSR count). The molecule has 1 heterocycles. The van der Waals surface area contributed by atoms with Gasteiger partial charge in [0.15, 0.2) is 0 Å². The molecular weight excluding hydrogens is 222 g/mol. The monoisotopic (exact) mass is 253 g/mol. The first-order valence-electron chi connectivity index (χ1n) is 7.68. The maximum absolute atomic E-state index is 6.35. The summed E-state index contributed by atoms with van der Waals surface area (Å²) in [6.07, 6.45) is 6.69. The Morgan fingerprint density at radius 1 is 1.11 bits per heavy atom. The lowest BCUT2D eigenvalue weighted by atomic mass is 9.93. The van der Waals surface area contributed by atoms with Gasteiger partial charge >= 0.3 is 0 Å². The summed E-state index contributed by atoms with van der Waals surface area (Å²) in [5.41, 5.74) is 6.67. The van der Waals surface area contributed by atoms with Crippen LogP contribution in [0.15, 0.2) is 0 Å². The van der Waals surface area contributed by atoms with E-state index in [4.69, 9.17) is 5.73 Å². The van der Waals surface area contributed by atoms with E-state index in [9.17, 15) is 0 Å². The zero-order valence-electron chi connectivity index (χ0n) is 12.5. The van der Waals surface area contributed by atoms with Gasteiger partial charge in [0.25, 0.3) is 0 Å². The van der Waals surface area contributed by atoms with Gasteiger partial charge in [-0.25, -0.2) is 0 Å². The lowest BCUT2D eigenvalue weighted by Gasteiger charge is -2.46. The van der Waals surface area contributed by atoms with Crippen molar-refractivity contribution < 1.29 is 0 Å². The molecule has 106 valence electrons. The maximum Gasteiger partial charge on any atom is 0.0277 e. The summed E-state index contributed by atoms with van der Waals surface area (Å²) in [7, 11) is 2.24. The molecule has 2 atom stereocenters. The van der Waals surface area contributed by atoms with Gasteiger partial charge in [-0.3, -0.25) is 9.80 Å². The van der Waals surface area contributed by atoms with Gasteiger partial charge in [-0.1, -0.05) is 19.3 Å². The summed E-state index contributed by atoms with van der Waals surface area (Å²) >= 11 is 0. The molecule has 3 nitrogen and oxygen atoms in total. The SMILES string of the molecule is CN1CCN(CC2CCCCCC2N)CC1(C)C. The Balaban J connectivity index is 1.88. The minimum Gasteiger partial charge on any atom is -0.327 e. The van der Waals surface area contributed by atoms with Gasteiger partial charge in [0.05, 0.1) is 0 Å². The van der Waals surface area contributed by atoms with E-state index in [1.807, 2.05) is 0 Å². The second-order valence-corrected chi connectivity index (χ2v) is 7.03. The molecule has 0 amide bonds. The van der Waals surface area contributed by atoms with Crippen molar-refractivity contribution in [3.8, 4) is 0 Å². The average Bonchev–Trinajstić information content (AvgIpc) is 2.49. The Morgan fingerprint density at radius 3 is 2.56 bits per heavy atom. The Kier molecular flexibility index (Phi) is 4.68. The Bertz CT molecular complexity index is 264. The minimum absolute atomic E-state index is 0.313. The number of hydrogen-bond donors (Lipinski definition) is 1. The van der Waals surface area contributed by atoms with Crippen molar-refractivity contribution in [2.75, 3.05) is 33.2 Å². The van der Waals surface area contributed by atoms with Crippen molar-refractivity contribution in [2.45, 2.75) is 57.5 Å². The van der Waals surface area contributed by atoms with Crippen LogP contribution < -0.4 is 5.73 Å². The summed E-state index contributed by atoms with van der Waals surface area (Å²) in [5.74, 6) is 0.728. The molecule has 18 heavy (non-hydrogen) atoms. The Labute approximate surface area is 113 Å². The van der Waals surface area contributed by atoms with Crippen LogP contribution in [0.25, 0.3) is 0 Å². The first kappa shape index (κ1) is 14.3. The molecule has 2 unspecified atom stereocenters. The normalized spacial score (nSPS) is 35.3. The lowest BCUT2D eigenvalue weighted by molar-refractivity contribution is 0.0293. The van der Waals surface area contributed by atoms with Gasteiger partial charge < -0.3 is 5.73 Å². The lowest BCUT2D eigenvalue weighted by Crippen LogP contribution is -2.58. The van der Waals surface area contributed by atoms with Crippen LogP contribution in [0, 0.1) is 5.92 Å². The third-order valence-electron chi connectivity index (χ3n) is 5.11. The first-order chi connectivity index (χ1) is 8.49. The maximum atomic E-state index is 6.35. The summed E-state index contributed by atoms with van der Waals surface area (Å²) < 4.78 is 0. The number of rotatable bonds is 2. The van der Waals surface area contributed by atoms with Gasteiger partial charge in [0, 0.05) is 37.8 Å². The largest absolute Gasteiger partial charge is 0.327 e. The van der Waals surface area contributed by atoms with Gasteiger partial charge in [-0.05, 0) is 39.7 Å². The molecule has 1 saturated heterocycles. The zero-order valence-corrected chi connectivity index (χ0v) is 12.5. The number of nitrogens with two attached hydrogens (primary N) is 1. The van der Waals surface area contributed by atoms with Crippen molar-refractivity contribution in [1.82, 2.24) is 9.80 Å². The van der Waals surface area contributed by atoms with Crippen LogP contribution in [0.2, 0.25) is 0 Å². The van der Waals surface area contributed by atoms with E-state index in [-0.39, 0.29) is 0 Å². The first-order valence-corrected chi connectivity index (χ1v) is 7.68. The molecule has 3 heteroatoms. The van der Waals surface area contributed by atoms with Crippen molar-refractivity contribution >= 4 is 0 Å². The standard InChI is InChI=1S/C15H31N3/c1-15(2)12-18(10-9-17(15)3)11-13-7-5-4-6-8-14(13)16/h13-14H,4-12,16H2,1-3H3. The summed E-state index contributed by atoms with van der Waals surface area (Å²) in [6.45, 7) is 9.52. The van der Waals surface area contributed by atoms with E-state index in [1.165, 1.54) is 58.3 Å². The summed E-state index contributed by atoms with van der Waals surface area (Å²) in [4.78, 5) is 5.13. The molecule has 0 radical (unpaired) electrons. The second kappa shape index (κ2) is 5.89. The van der Waals surface area contributed by atoms with E-state index < -0.39 is 0 Å². The van der Waals surface area contributed by atoms with Crippen LogP contribution in [0.5, 0.6) is 0 Å². The highest BCUT2D eigenvalue weighted by Gasteiger charge is 2.32. The van der Waals surface area contributed by atoms with Crippen LogP contribution in [-0.2, 0) is 0 Å². The van der Waals surface area contributed by atoms with Crippen LogP contribution in [0.1, 0.15) is 46.0 Å². The Hall–Kier alpha value is -0.120. The van der Waals surface area contributed by atoms with Crippen molar-refractivity contribution in [3.63, 3.8) is 0 Å². The molecule has 1 saturated carbocycles. The number of likely N-dealkylation sites (N-methyl/N-ethyl adjacent to an activating group) is 1. The molecule has 2 fully saturated rings. The molecule has 1 aliphatic carbocycles. The molecule has 2 N–H and O–H groups in total. The average molecular weight is 253 g/mol. The molecule has 0 spiro atoms. The van der Waals surface area contributed by atoms with E-state index in [0.717, 1.165) is 5.92 Å². The van der Waals surface area contributed by atoms with Gasteiger partial charge in [0.2, 0.25) is 0 Å². The highest BCUT2D eigenvalue weighted by molar-refractivity contribution is 4.90. The van der Waals surface area contributed by atoms with Gasteiger partial charge in [-0.2, -0.15) is 0 Å². The summed E-state index contributed by atoms with van der Waals surface area (Å²) in [6, 6.07) is 0.440. The van der Waals surface area contributed by atoms with E-state index in [0.29, 0.717) is 11.6 Å². The highest BCUT2D eigenvalue weighted by atomic mass is 15.3. The van der Waals surface area contributed by atoms with Crippen LogP contribution in [0.3, 0.4) is 0 Å². The van der Waals surface area contributed by atoms with Crippen LogP contribution >= 0.6 is 0 Å². The van der Waals surface area contributed by atoms with Crippen LogP contribution in [-0.4, -0.2) is 54.6 Å². The predicted octanol–water partition coefficient (Wildman–Crippen LogP) is 1.92. The molecule has 0 aromatic rings. The fourth-order valence-electron chi connectivity index (χ4n) is 3.47. The summed E-state index contributed by atoms with van der Waals surface area (Å²) in [5, 5.41) is 0. The van der Waals surface area contributed by atoms with Crippen LogP contribution in [0.4, 0.5) is 0 Å². The fraction of sp³-hybridized carbons (Fsp3) is 1.00. The molecule has 0 bridgehead atoms. The topological polar surface area (TPSA) is 32.5 Å². The van der Waals surface area contributed by atoms with Gasteiger partial charge in [-0.15, -0.1) is 0 Å². The number of nitrogens with zero attached hydrogens (tertiary/aromatic N) is 2. The third-order valence-corrected chi connectivity index (χ3v) is 5.11. The van der Waals surface area contributed by atoms with Gasteiger partial charge in [0.1, 0.15) is 0 Å². The molecular formula is C15H31N3. The highest BCUT2D eigenvalue weighted by Crippen LogP contribution is 2.25. The quantitative estimate of drug-likeness (QED) is 0.763. The molecule has 0 aromatic heterocycles. The van der Waals surface area contributed by atoms with Crippen molar-refractivity contribution in [1.29, 1.82) is 0 Å². The number of piperazine rings is 1. The predicted molar refractivity (Wildman–Crippen MR) is 77.7 cm³/mol. The molecule has 2 aliphatic rings. The zero-order chi connectivity index (χ0) is 13.2. The fourth-order valence-corrected chi connectivity index (χ4v) is 3.47. The third kappa shape index (κ3) is 3.46. The van der Waals surface area contributed by atoms with E-state index >= 15 is 0 Å². The van der Waals surface area contributed by atoms with Crippen molar-refractivity contribution in [3.05, 3.63) is 0 Å². The Morgan fingerprint density at radius 2 is 1.83 bits per heavy atom. The smallest absolute Gasteiger partial charge is 0.0277 e. The van der Waals surface area contributed by atoms with E-state index in [2.05, 4.69) is 30.7 Å². The number of hydrogen-bond acceptors (Lipinski definition) is 3. The minimum atomic E-state index is 0.313. The van der Waals surface area contributed by atoms with Crippen molar-refractivity contribution in [2.24, 2.45) is 11.7 Å².